The molecule has 1 fully saturated rings. The predicted octanol–water partition coefficient (Wildman–Crippen LogP) is 4.23. The molecule has 1 N–H and O–H groups in total. The van der Waals surface area contributed by atoms with Crippen molar-refractivity contribution in [1.29, 1.82) is 0 Å². The van der Waals surface area contributed by atoms with Crippen LogP contribution in [0.2, 0.25) is 0 Å². The van der Waals surface area contributed by atoms with Gasteiger partial charge in [-0.3, -0.25) is 9.59 Å². The monoisotopic (exact) mass is 390 g/mol. The van der Waals surface area contributed by atoms with Crippen LogP contribution in [0.1, 0.15) is 35.2 Å². The molecule has 29 heavy (non-hydrogen) atoms. The normalized spacial score (nSPS) is 16.7. The van der Waals surface area contributed by atoms with Crippen molar-refractivity contribution in [3.05, 3.63) is 65.9 Å². The molecule has 0 radical (unpaired) electrons. The first-order valence-corrected chi connectivity index (χ1v) is 10.2. The molecule has 4 rings (SSSR count). The van der Waals surface area contributed by atoms with Gasteiger partial charge in [-0.15, -0.1) is 0 Å². The molecule has 1 amide bonds. The van der Waals surface area contributed by atoms with Crippen LogP contribution in [-0.4, -0.2) is 41.8 Å². The van der Waals surface area contributed by atoms with Gasteiger partial charge in [0.15, 0.2) is 5.78 Å². The summed E-state index contributed by atoms with van der Waals surface area (Å²) >= 11 is 0. The standard InChI is InChI=1S/C24H26N2O3/c1-29-20-8-4-6-17(14-20)24(28)19-7-5-13-26(16-19)23(27)12-11-18-15-25-22-10-3-2-9-21(18)22/h2-4,6,8-10,14-15,19,25H,5,7,11-13,16H2,1H3. The molecule has 0 saturated carbocycles. The maximum Gasteiger partial charge on any atom is 0.222 e. The number of nitrogens with one attached hydrogen (secondary N) is 1. The number of piperidine rings is 1. The minimum absolute atomic E-state index is 0.0954. The molecule has 5 heteroatoms. The van der Waals surface area contributed by atoms with Crippen LogP contribution >= 0.6 is 0 Å². The van der Waals surface area contributed by atoms with E-state index in [0.29, 0.717) is 30.7 Å². The van der Waals surface area contributed by atoms with Crippen molar-refractivity contribution >= 4 is 22.6 Å². The van der Waals surface area contributed by atoms with Crippen LogP contribution in [0.3, 0.4) is 0 Å². The van der Waals surface area contributed by atoms with E-state index in [9.17, 15) is 9.59 Å². The quantitative estimate of drug-likeness (QED) is 0.641. The number of methoxy groups -OCH3 is 1. The lowest BCUT2D eigenvalue weighted by molar-refractivity contribution is -0.132. The van der Waals surface area contributed by atoms with E-state index in [2.05, 4.69) is 11.1 Å². The van der Waals surface area contributed by atoms with Crippen LogP contribution in [0.4, 0.5) is 0 Å². The number of rotatable bonds is 6. The zero-order chi connectivity index (χ0) is 20.2. The first-order chi connectivity index (χ1) is 14.2. The van der Waals surface area contributed by atoms with E-state index < -0.39 is 0 Å². The number of hydrogen-bond donors (Lipinski definition) is 1. The van der Waals surface area contributed by atoms with Gasteiger partial charge in [-0.05, 0) is 43.0 Å². The molecule has 0 spiro atoms. The molecule has 2 aromatic carbocycles. The summed E-state index contributed by atoms with van der Waals surface area (Å²) in [5.74, 6) is 0.752. The molecule has 2 heterocycles. The maximum absolute atomic E-state index is 12.9. The van der Waals surface area contributed by atoms with Crippen molar-refractivity contribution in [1.82, 2.24) is 9.88 Å². The summed E-state index contributed by atoms with van der Waals surface area (Å²) in [4.78, 5) is 30.9. The number of amides is 1. The Hall–Kier alpha value is -3.08. The number of aromatic nitrogens is 1. The number of ether oxygens (including phenoxy) is 1. The molecule has 1 aliphatic rings. The Labute approximate surface area is 170 Å². The minimum atomic E-state index is -0.145. The smallest absolute Gasteiger partial charge is 0.222 e. The summed E-state index contributed by atoms with van der Waals surface area (Å²) < 4.78 is 5.23. The van der Waals surface area contributed by atoms with Gasteiger partial charge < -0.3 is 14.6 Å². The number of ketones is 1. The molecule has 1 unspecified atom stereocenters. The molecular weight excluding hydrogens is 364 g/mol. The van der Waals surface area contributed by atoms with E-state index in [-0.39, 0.29) is 17.6 Å². The highest BCUT2D eigenvalue weighted by Crippen LogP contribution is 2.24. The van der Waals surface area contributed by atoms with E-state index in [1.54, 1.807) is 13.2 Å². The Balaban J connectivity index is 1.38. The van der Waals surface area contributed by atoms with E-state index in [1.165, 1.54) is 5.39 Å². The van der Waals surface area contributed by atoms with Gasteiger partial charge in [0.1, 0.15) is 5.75 Å². The van der Waals surface area contributed by atoms with Gasteiger partial charge in [-0.1, -0.05) is 30.3 Å². The van der Waals surface area contributed by atoms with Gasteiger partial charge in [0.2, 0.25) is 5.91 Å². The highest BCUT2D eigenvalue weighted by atomic mass is 16.5. The Kier molecular flexibility index (Phi) is 5.65. The lowest BCUT2D eigenvalue weighted by Gasteiger charge is -2.32. The average Bonchev–Trinajstić information content (AvgIpc) is 3.20. The molecule has 1 aromatic heterocycles. The van der Waals surface area contributed by atoms with Crippen LogP contribution in [0.25, 0.3) is 10.9 Å². The summed E-state index contributed by atoms with van der Waals surface area (Å²) in [6, 6.07) is 15.4. The van der Waals surface area contributed by atoms with Crippen molar-refractivity contribution < 1.29 is 14.3 Å². The maximum atomic E-state index is 12.9. The van der Waals surface area contributed by atoms with Gasteiger partial charge in [0, 0.05) is 48.1 Å². The second-order valence-electron chi connectivity index (χ2n) is 7.63. The number of carbonyl (C=O) groups is 2. The molecule has 150 valence electrons. The van der Waals surface area contributed by atoms with E-state index in [0.717, 1.165) is 30.5 Å². The molecule has 1 saturated heterocycles. The summed E-state index contributed by atoms with van der Waals surface area (Å²) in [5.41, 5.74) is 2.91. The summed E-state index contributed by atoms with van der Waals surface area (Å²) in [5, 5.41) is 1.17. The number of fused-ring (bicyclic) bond motifs is 1. The number of hydrogen-bond acceptors (Lipinski definition) is 3. The molecule has 5 nitrogen and oxygen atoms in total. The van der Waals surface area contributed by atoms with Gasteiger partial charge in [0.25, 0.3) is 0 Å². The Morgan fingerprint density at radius 1 is 1.17 bits per heavy atom. The zero-order valence-electron chi connectivity index (χ0n) is 16.7. The molecule has 1 aliphatic heterocycles. The lowest BCUT2D eigenvalue weighted by atomic mass is 9.89. The van der Waals surface area contributed by atoms with Crippen LogP contribution in [0.15, 0.2) is 54.7 Å². The number of H-pyrrole nitrogens is 1. The largest absolute Gasteiger partial charge is 0.497 e. The second-order valence-corrected chi connectivity index (χ2v) is 7.63. The molecule has 3 aromatic rings. The third kappa shape index (κ3) is 4.19. The van der Waals surface area contributed by atoms with Crippen LogP contribution in [0.5, 0.6) is 5.75 Å². The van der Waals surface area contributed by atoms with Gasteiger partial charge in [-0.2, -0.15) is 0 Å². The third-order valence-electron chi connectivity index (χ3n) is 5.78. The average molecular weight is 390 g/mol. The first kappa shape index (κ1) is 19.2. The summed E-state index contributed by atoms with van der Waals surface area (Å²) in [6.45, 7) is 1.23. The molecule has 0 bridgehead atoms. The van der Waals surface area contributed by atoms with E-state index in [1.807, 2.05) is 47.5 Å². The Morgan fingerprint density at radius 2 is 2.03 bits per heavy atom. The minimum Gasteiger partial charge on any atom is -0.497 e. The van der Waals surface area contributed by atoms with E-state index in [4.69, 9.17) is 4.74 Å². The summed E-state index contributed by atoms with van der Waals surface area (Å²) in [6.07, 6.45) is 4.83. The zero-order valence-corrected chi connectivity index (χ0v) is 16.7. The highest BCUT2D eigenvalue weighted by Gasteiger charge is 2.29. The van der Waals surface area contributed by atoms with Crippen molar-refractivity contribution in [3.63, 3.8) is 0 Å². The number of benzene rings is 2. The highest BCUT2D eigenvalue weighted by molar-refractivity contribution is 5.98. The van der Waals surface area contributed by atoms with Crippen molar-refractivity contribution in [3.8, 4) is 5.75 Å². The Morgan fingerprint density at radius 3 is 2.90 bits per heavy atom. The first-order valence-electron chi connectivity index (χ1n) is 10.2. The number of likely N-dealkylation sites (tertiary alicyclic amines) is 1. The van der Waals surface area contributed by atoms with Crippen molar-refractivity contribution in [2.24, 2.45) is 5.92 Å². The number of carbonyl (C=O) groups excluding carboxylic acids is 2. The lowest BCUT2D eigenvalue weighted by Crippen LogP contribution is -2.42. The fraction of sp³-hybridized carbons (Fsp3) is 0.333. The second kappa shape index (κ2) is 8.52. The number of aromatic amines is 1. The fourth-order valence-electron chi connectivity index (χ4n) is 4.17. The number of aryl methyl sites for hydroxylation is 1. The fourth-order valence-corrected chi connectivity index (χ4v) is 4.17. The van der Waals surface area contributed by atoms with Gasteiger partial charge in [0.05, 0.1) is 7.11 Å². The van der Waals surface area contributed by atoms with E-state index >= 15 is 0 Å². The Bertz CT molecular complexity index is 1020. The number of para-hydroxylation sites is 1. The topological polar surface area (TPSA) is 62.4 Å². The summed E-state index contributed by atoms with van der Waals surface area (Å²) in [7, 11) is 1.60. The molecule has 0 aliphatic carbocycles. The number of Topliss-reactive ketones (excluding diaryl/α,β-unsaturated/α-hetero) is 1. The van der Waals surface area contributed by atoms with Gasteiger partial charge >= 0.3 is 0 Å². The van der Waals surface area contributed by atoms with Crippen molar-refractivity contribution in [2.75, 3.05) is 20.2 Å². The third-order valence-corrected chi connectivity index (χ3v) is 5.78. The molecular formula is C24H26N2O3. The van der Waals surface area contributed by atoms with Crippen LogP contribution < -0.4 is 4.74 Å². The SMILES string of the molecule is COc1cccc(C(=O)C2CCCN(C(=O)CCc3c[nH]c4ccccc34)C2)c1. The molecule has 1 atom stereocenters. The predicted molar refractivity (Wildman–Crippen MR) is 113 cm³/mol. The van der Waals surface area contributed by atoms with Crippen molar-refractivity contribution in [2.45, 2.75) is 25.7 Å². The number of nitrogens with zero attached hydrogens (tertiary/aromatic N) is 1. The van der Waals surface area contributed by atoms with Gasteiger partial charge in [-0.25, -0.2) is 0 Å². The van der Waals surface area contributed by atoms with Crippen LogP contribution in [-0.2, 0) is 11.2 Å². The van der Waals surface area contributed by atoms with Crippen LogP contribution in [0, 0.1) is 5.92 Å².